The Balaban J connectivity index is 1.75. The second kappa shape index (κ2) is 11.2. The molecule has 0 aliphatic rings. The topological polar surface area (TPSA) is 76.0 Å². The molecule has 1 heterocycles. The monoisotopic (exact) mass is 472 g/mol. The quantitative estimate of drug-likeness (QED) is 0.417. The number of benzene rings is 2. The number of halogens is 2. The molecule has 0 saturated carbocycles. The van der Waals surface area contributed by atoms with E-state index in [-0.39, 0.29) is 24.7 Å². The van der Waals surface area contributed by atoms with E-state index in [0.717, 1.165) is 12.0 Å². The van der Waals surface area contributed by atoms with Gasteiger partial charge in [0.25, 0.3) is 0 Å². The molecular formula is C24H26Cl2N4O2. The normalized spacial score (nSPS) is 10.9. The molecule has 0 bridgehead atoms. The highest BCUT2D eigenvalue weighted by Crippen LogP contribution is 2.29. The molecule has 32 heavy (non-hydrogen) atoms. The summed E-state index contributed by atoms with van der Waals surface area (Å²) in [6, 6.07) is 16.6. The van der Waals surface area contributed by atoms with Crippen LogP contribution in [0.25, 0.3) is 16.9 Å². The smallest absolute Gasteiger partial charge is 0.226 e. The van der Waals surface area contributed by atoms with Crippen LogP contribution in [0.1, 0.15) is 33.1 Å². The van der Waals surface area contributed by atoms with E-state index in [4.69, 9.17) is 23.2 Å². The Kier molecular flexibility index (Phi) is 8.31. The molecule has 1 aromatic heterocycles. The standard InChI is InChI=1S/C24H26Cl2N4O2/c1-16(2)12-13-27-23(31)10-11-24(32)28-22-15-21(17-6-4-3-5-7-17)29-30(22)18-8-9-19(25)20(26)14-18/h3-9,14-16H,10-13H2,1-2H3,(H,27,31)(H,28,32). The van der Waals surface area contributed by atoms with Gasteiger partial charge in [0.15, 0.2) is 0 Å². The number of aromatic nitrogens is 2. The second-order valence-corrected chi connectivity index (χ2v) is 8.69. The number of hydrogen-bond acceptors (Lipinski definition) is 3. The van der Waals surface area contributed by atoms with E-state index < -0.39 is 0 Å². The lowest BCUT2D eigenvalue weighted by molar-refractivity contribution is -0.124. The van der Waals surface area contributed by atoms with Gasteiger partial charge in [-0.25, -0.2) is 4.68 Å². The maximum absolute atomic E-state index is 12.6. The van der Waals surface area contributed by atoms with E-state index in [1.54, 1.807) is 28.9 Å². The Labute approximate surface area is 197 Å². The number of hydrogen-bond donors (Lipinski definition) is 2. The van der Waals surface area contributed by atoms with Gasteiger partial charge in [0.1, 0.15) is 5.82 Å². The van der Waals surface area contributed by atoms with Crippen LogP contribution in [-0.4, -0.2) is 28.1 Å². The zero-order chi connectivity index (χ0) is 23.1. The van der Waals surface area contributed by atoms with Crippen molar-refractivity contribution in [1.82, 2.24) is 15.1 Å². The first-order chi connectivity index (χ1) is 15.3. The third kappa shape index (κ3) is 6.58. The van der Waals surface area contributed by atoms with Crippen molar-refractivity contribution in [3.05, 3.63) is 64.6 Å². The van der Waals surface area contributed by atoms with Crippen LogP contribution in [0, 0.1) is 5.92 Å². The highest BCUT2D eigenvalue weighted by molar-refractivity contribution is 6.42. The van der Waals surface area contributed by atoms with E-state index in [0.29, 0.717) is 39.7 Å². The molecule has 3 aromatic rings. The zero-order valence-electron chi connectivity index (χ0n) is 18.1. The van der Waals surface area contributed by atoms with Crippen LogP contribution in [-0.2, 0) is 9.59 Å². The van der Waals surface area contributed by atoms with E-state index in [1.165, 1.54) is 0 Å². The molecule has 0 aliphatic heterocycles. The SMILES string of the molecule is CC(C)CCNC(=O)CCC(=O)Nc1cc(-c2ccccc2)nn1-c1ccc(Cl)c(Cl)c1. The number of anilines is 1. The maximum Gasteiger partial charge on any atom is 0.226 e. The lowest BCUT2D eigenvalue weighted by Crippen LogP contribution is -2.26. The summed E-state index contributed by atoms with van der Waals surface area (Å²) in [4.78, 5) is 24.6. The van der Waals surface area contributed by atoms with Crippen molar-refractivity contribution in [3.8, 4) is 16.9 Å². The zero-order valence-corrected chi connectivity index (χ0v) is 19.6. The van der Waals surface area contributed by atoms with Gasteiger partial charge in [0.05, 0.1) is 21.4 Å². The van der Waals surface area contributed by atoms with Gasteiger partial charge in [-0.2, -0.15) is 5.10 Å². The Bertz CT molecular complexity index is 1080. The van der Waals surface area contributed by atoms with Gasteiger partial charge < -0.3 is 10.6 Å². The molecular weight excluding hydrogens is 447 g/mol. The molecule has 2 amide bonds. The van der Waals surface area contributed by atoms with Gasteiger partial charge in [-0.3, -0.25) is 9.59 Å². The van der Waals surface area contributed by atoms with Crippen molar-refractivity contribution in [2.75, 3.05) is 11.9 Å². The van der Waals surface area contributed by atoms with Crippen molar-refractivity contribution >= 4 is 40.8 Å². The minimum Gasteiger partial charge on any atom is -0.356 e. The fourth-order valence-electron chi connectivity index (χ4n) is 3.05. The number of carbonyl (C=O) groups excluding carboxylic acids is 2. The van der Waals surface area contributed by atoms with Crippen molar-refractivity contribution in [3.63, 3.8) is 0 Å². The molecule has 2 aromatic carbocycles. The van der Waals surface area contributed by atoms with Crippen molar-refractivity contribution in [1.29, 1.82) is 0 Å². The number of amides is 2. The number of carbonyl (C=O) groups is 2. The van der Waals surface area contributed by atoms with Crippen LogP contribution in [0.3, 0.4) is 0 Å². The first-order valence-corrected chi connectivity index (χ1v) is 11.3. The first kappa shape index (κ1) is 23.8. The molecule has 0 radical (unpaired) electrons. The molecule has 8 heteroatoms. The number of nitrogens with one attached hydrogen (secondary N) is 2. The molecule has 0 aliphatic carbocycles. The average Bonchev–Trinajstić information content (AvgIpc) is 3.18. The van der Waals surface area contributed by atoms with Crippen LogP contribution < -0.4 is 10.6 Å². The predicted molar refractivity (Wildman–Crippen MR) is 129 cm³/mol. The highest BCUT2D eigenvalue weighted by Gasteiger charge is 2.15. The Morgan fingerprint density at radius 2 is 1.69 bits per heavy atom. The van der Waals surface area contributed by atoms with Crippen molar-refractivity contribution in [2.45, 2.75) is 33.1 Å². The van der Waals surface area contributed by atoms with E-state index in [9.17, 15) is 9.59 Å². The summed E-state index contributed by atoms with van der Waals surface area (Å²) in [7, 11) is 0. The fourth-order valence-corrected chi connectivity index (χ4v) is 3.35. The summed E-state index contributed by atoms with van der Waals surface area (Å²) in [5.41, 5.74) is 2.26. The molecule has 0 saturated heterocycles. The molecule has 168 valence electrons. The number of rotatable bonds is 9. The summed E-state index contributed by atoms with van der Waals surface area (Å²) < 4.78 is 1.60. The molecule has 0 fully saturated rings. The van der Waals surface area contributed by atoms with Crippen LogP contribution >= 0.6 is 23.2 Å². The van der Waals surface area contributed by atoms with Gasteiger partial charge >= 0.3 is 0 Å². The molecule has 0 unspecified atom stereocenters. The van der Waals surface area contributed by atoms with Gasteiger partial charge in [-0.15, -0.1) is 0 Å². The van der Waals surface area contributed by atoms with Gasteiger partial charge in [0.2, 0.25) is 11.8 Å². The maximum atomic E-state index is 12.6. The fraction of sp³-hybridized carbons (Fsp3) is 0.292. The molecule has 6 nitrogen and oxygen atoms in total. The predicted octanol–water partition coefficient (Wildman–Crippen LogP) is 5.73. The third-order valence-corrected chi connectivity index (χ3v) is 5.56. The minimum absolute atomic E-state index is 0.0702. The summed E-state index contributed by atoms with van der Waals surface area (Å²) in [6.07, 6.45) is 1.10. The Morgan fingerprint density at radius 1 is 0.969 bits per heavy atom. The van der Waals surface area contributed by atoms with Crippen molar-refractivity contribution < 1.29 is 9.59 Å². The van der Waals surface area contributed by atoms with Crippen LogP contribution in [0.4, 0.5) is 5.82 Å². The van der Waals surface area contributed by atoms with Gasteiger partial charge in [0, 0.05) is 31.0 Å². The van der Waals surface area contributed by atoms with Crippen LogP contribution in [0.15, 0.2) is 54.6 Å². The Hall–Kier alpha value is -2.83. The minimum atomic E-state index is -0.273. The summed E-state index contributed by atoms with van der Waals surface area (Å²) in [5, 5.41) is 11.2. The van der Waals surface area contributed by atoms with E-state index in [1.807, 2.05) is 30.3 Å². The largest absolute Gasteiger partial charge is 0.356 e. The lowest BCUT2D eigenvalue weighted by Gasteiger charge is -2.10. The molecule has 3 rings (SSSR count). The molecule has 0 spiro atoms. The van der Waals surface area contributed by atoms with Gasteiger partial charge in [-0.1, -0.05) is 67.4 Å². The van der Waals surface area contributed by atoms with Crippen LogP contribution in [0.2, 0.25) is 10.0 Å². The Morgan fingerprint density at radius 3 is 2.38 bits per heavy atom. The summed E-state index contributed by atoms with van der Waals surface area (Å²) in [5.74, 6) is 0.583. The first-order valence-electron chi connectivity index (χ1n) is 10.5. The highest BCUT2D eigenvalue weighted by atomic mass is 35.5. The average molecular weight is 473 g/mol. The van der Waals surface area contributed by atoms with E-state index >= 15 is 0 Å². The second-order valence-electron chi connectivity index (χ2n) is 7.87. The summed E-state index contributed by atoms with van der Waals surface area (Å²) in [6.45, 7) is 4.81. The molecule has 0 atom stereocenters. The lowest BCUT2D eigenvalue weighted by atomic mass is 10.1. The van der Waals surface area contributed by atoms with Gasteiger partial charge in [-0.05, 0) is 30.5 Å². The number of nitrogens with zero attached hydrogens (tertiary/aromatic N) is 2. The van der Waals surface area contributed by atoms with E-state index in [2.05, 4.69) is 29.6 Å². The molecule has 2 N–H and O–H groups in total. The van der Waals surface area contributed by atoms with Crippen molar-refractivity contribution in [2.24, 2.45) is 5.92 Å². The third-order valence-electron chi connectivity index (χ3n) is 4.82. The summed E-state index contributed by atoms with van der Waals surface area (Å²) >= 11 is 12.2. The van der Waals surface area contributed by atoms with Crippen LogP contribution in [0.5, 0.6) is 0 Å².